The van der Waals surface area contributed by atoms with E-state index >= 15 is 0 Å². The second-order valence-electron chi connectivity index (χ2n) is 8.53. The molecule has 7 nitrogen and oxygen atoms in total. The molecule has 0 spiro atoms. The van der Waals surface area contributed by atoms with Crippen molar-refractivity contribution in [3.05, 3.63) is 47.8 Å². The summed E-state index contributed by atoms with van der Waals surface area (Å²) in [7, 11) is 5.13. The lowest BCUT2D eigenvalue weighted by Gasteiger charge is -2.32. The van der Waals surface area contributed by atoms with Gasteiger partial charge in [0.1, 0.15) is 23.1 Å². The van der Waals surface area contributed by atoms with Crippen molar-refractivity contribution < 1.29 is 13.5 Å². The minimum absolute atomic E-state index is 0.0784. The molecule has 0 radical (unpaired) electrons. The molecule has 2 atom stereocenters. The van der Waals surface area contributed by atoms with Crippen LogP contribution in [0.5, 0.6) is 0 Å². The molecule has 0 aliphatic carbocycles. The van der Waals surface area contributed by atoms with Crippen LogP contribution in [0.2, 0.25) is 0 Å². The van der Waals surface area contributed by atoms with Crippen molar-refractivity contribution in [2.45, 2.75) is 51.4 Å². The van der Waals surface area contributed by atoms with Crippen LogP contribution >= 0.6 is 0 Å². The van der Waals surface area contributed by atoms with E-state index in [9.17, 15) is 8.78 Å². The Labute approximate surface area is 180 Å². The van der Waals surface area contributed by atoms with Gasteiger partial charge in [0.2, 0.25) is 0 Å². The van der Waals surface area contributed by atoms with E-state index in [0.29, 0.717) is 17.8 Å². The number of hydrogen-bond donors (Lipinski definition) is 0. The summed E-state index contributed by atoms with van der Waals surface area (Å²) in [4.78, 5) is 10.3. The number of imidazole rings is 1. The molecule has 1 aromatic carbocycles. The van der Waals surface area contributed by atoms with Crippen LogP contribution in [-0.2, 0) is 18.2 Å². The van der Waals surface area contributed by atoms with E-state index in [1.54, 1.807) is 26.6 Å². The SMILES string of the molecule is CC1CC(n2nc(-c3cc(F)c(N(C)C)c(F)c3)nc2Cc2cncn2C)CC(C)O1. The summed E-state index contributed by atoms with van der Waals surface area (Å²) < 4.78 is 38.9. The lowest BCUT2D eigenvalue weighted by Crippen LogP contribution is -2.32. The van der Waals surface area contributed by atoms with Crippen LogP contribution in [0.1, 0.15) is 44.2 Å². The number of ether oxygens (including phenoxy) is 1. The zero-order chi connectivity index (χ0) is 22.3. The van der Waals surface area contributed by atoms with Gasteiger partial charge in [0.25, 0.3) is 0 Å². The van der Waals surface area contributed by atoms with E-state index in [2.05, 4.69) is 4.98 Å². The number of aromatic nitrogens is 5. The van der Waals surface area contributed by atoms with Crippen LogP contribution in [-0.4, -0.2) is 50.6 Å². The van der Waals surface area contributed by atoms with Crippen LogP contribution in [0.3, 0.4) is 0 Å². The fourth-order valence-electron chi connectivity index (χ4n) is 4.30. The molecule has 1 saturated heterocycles. The minimum Gasteiger partial charge on any atom is -0.375 e. The Balaban J connectivity index is 1.77. The van der Waals surface area contributed by atoms with Gasteiger partial charge in [-0.15, -0.1) is 0 Å². The molecule has 31 heavy (non-hydrogen) atoms. The molecule has 2 unspecified atom stereocenters. The molecular formula is C22H28F2N6O. The lowest BCUT2D eigenvalue weighted by molar-refractivity contribution is -0.0510. The molecule has 4 rings (SSSR count). The van der Waals surface area contributed by atoms with E-state index in [1.807, 2.05) is 30.1 Å². The van der Waals surface area contributed by atoms with E-state index in [4.69, 9.17) is 14.8 Å². The third kappa shape index (κ3) is 4.32. The monoisotopic (exact) mass is 430 g/mol. The average molecular weight is 431 g/mol. The third-order valence-corrected chi connectivity index (χ3v) is 5.70. The van der Waals surface area contributed by atoms with Gasteiger partial charge >= 0.3 is 0 Å². The number of rotatable bonds is 5. The minimum atomic E-state index is -0.641. The van der Waals surface area contributed by atoms with Gasteiger partial charge in [-0.3, -0.25) is 0 Å². The molecule has 0 amide bonds. The Morgan fingerprint density at radius 2 is 1.77 bits per heavy atom. The van der Waals surface area contributed by atoms with Gasteiger partial charge in [-0.2, -0.15) is 5.10 Å². The highest BCUT2D eigenvalue weighted by Crippen LogP contribution is 2.32. The summed E-state index contributed by atoms with van der Waals surface area (Å²) in [5.41, 5.74) is 1.22. The molecule has 3 aromatic rings. The average Bonchev–Trinajstić information content (AvgIpc) is 3.27. The first-order valence-electron chi connectivity index (χ1n) is 10.5. The van der Waals surface area contributed by atoms with Crippen molar-refractivity contribution in [2.24, 2.45) is 7.05 Å². The molecule has 1 fully saturated rings. The van der Waals surface area contributed by atoms with Crippen molar-refractivity contribution >= 4 is 5.69 Å². The first kappa shape index (κ1) is 21.4. The van der Waals surface area contributed by atoms with E-state index in [-0.39, 0.29) is 23.9 Å². The molecule has 9 heteroatoms. The molecule has 1 aliphatic rings. The predicted molar refractivity (Wildman–Crippen MR) is 114 cm³/mol. The molecule has 0 bridgehead atoms. The zero-order valence-corrected chi connectivity index (χ0v) is 18.5. The van der Waals surface area contributed by atoms with E-state index < -0.39 is 11.6 Å². The standard InChI is InChI=1S/C22H28F2N6O/c1-13-6-16(7-14(2)31-13)30-20(10-17-11-25-12-29(17)5)26-22(27-30)15-8-18(23)21(28(3)4)19(24)9-15/h8-9,11-14,16H,6-7,10H2,1-5H3. The first-order valence-corrected chi connectivity index (χ1v) is 10.5. The van der Waals surface area contributed by atoms with Crippen LogP contribution in [0, 0.1) is 11.6 Å². The highest BCUT2D eigenvalue weighted by molar-refractivity contribution is 5.61. The molecular weight excluding hydrogens is 402 g/mol. The Bertz CT molecular complexity index is 1040. The fraction of sp³-hybridized carbons (Fsp3) is 0.500. The summed E-state index contributed by atoms with van der Waals surface area (Å²) in [6.07, 6.45) is 5.84. The van der Waals surface area contributed by atoms with Crippen molar-refractivity contribution in [3.63, 3.8) is 0 Å². The van der Waals surface area contributed by atoms with Crippen molar-refractivity contribution in [2.75, 3.05) is 19.0 Å². The van der Waals surface area contributed by atoms with Gasteiger partial charge in [-0.05, 0) is 38.8 Å². The fourth-order valence-corrected chi connectivity index (χ4v) is 4.30. The number of hydrogen-bond acceptors (Lipinski definition) is 5. The summed E-state index contributed by atoms with van der Waals surface area (Å²) >= 11 is 0. The summed E-state index contributed by atoms with van der Waals surface area (Å²) in [6, 6.07) is 2.68. The third-order valence-electron chi connectivity index (χ3n) is 5.70. The number of anilines is 1. The maximum atomic E-state index is 14.6. The highest BCUT2D eigenvalue weighted by atomic mass is 19.1. The van der Waals surface area contributed by atoms with Gasteiger partial charge < -0.3 is 14.2 Å². The van der Waals surface area contributed by atoms with Gasteiger partial charge in [0.05, 0.1) is 24.6 Å². The first-order chi connectivity index (χ1) is 14.7. The second kappa shape index (κ2) is 8.37. The quantitative estimate of drug-likeness (QED) is 0.617. The van der Waals surface area contributed by atoms with Crippen LogP contribution in [0.4, 0.5) is 14.5 Å². The van der Waals surface area contributed by atoms with E-state index in [1.165, 1.54) is 17.0 Å². The van der Waals surface area contributed by atoms with Gasteiger partial charge in [-0.1, -0.05) is 0 Å². The van der Waals surface area contributed by atoms with E-state index in [0.717, 1.165) is 24.4 Å². The highest BCUT2D eigenvalue weighted by Gasteiger charge is 2.29. The van der Waals surface area contributed by atoms with Crippen LogP contribution in [0.25, 0.3) is 11.4 Å². The second-order valence-corrected chi connectivity index (χ2v) is 8.53. The Morgan fingerprint density at radius 3 is 2.32 bits per heavy atom. The Kier molecular flexibility index (Phi) is 5.79. The molecule has 0 saturated carbocycles. The normalized spacial score (nSPS) is 21.5. The Morgan fingerprint density at radius 1 is 1.13 bits per heavy atom. The van der Waals surface area contributed by atoms with Crippen molar-refractivity contribution in [3.8, 4) is 11.4 Å². The topological polar surface area (TPSA) is 61.0 Å². The largest absolute Gasteiger partial charge is 0.375 e. The number of halogens is 2. The van der Waals surface area contributed by atoms with Crippen LogP contribution in [0.15, 0.2) is 24.7 Å². The summed E-state index contributed by atoms with van der Waals surface area (Å²) in [5, 5.41) is 4.71. The molecule has 166 valence electrons. The maximum absolute atomic E-state index is 14.6. The van der Waals surface area contributed by atoms with Gasteiger partial charge in [-0.25, -0.2) is 23.4 Å². The molecule has 1 aliphatic heterocycles. The lowest BCUT2D eigenvalue weighted by atomic mass is 10.00. The Hall–Kier alpha value is -2.81. The maximum Gasteiger partial charge on any atom is 0.181 e. The molecule has 3 heterocycles. The van der Waals surface area contributed by atoms with Gasteiger partial charge in [0, 0.05) is 45.0 Å². The van der Waals surface area contributed by atoms with Crippen LogP contribution < -0.4 is 4.90 Å². The predicted octanol–water partition coefficient (Wildman–Crippen LogP) is 3.74. The summed E-state index contributed by atoms with van der Waals surface area (Å²) in [5.74, 6) is -0.231. The number of nitrogens with zero attached hydrogens (tertiary/aromatic N) is 6. The summed E-state index contributed by atoms with van der Waals surface area (Å²) in [6.45, 7) is 4.10. The number of benzene rings is 1. The van der Waals surface area contributed by atoms with Crippen molar-refractivity contribution in [1.29, 1.82) is 0 Å². The van der Waals surface area contributed by atoms with Gasteiger partial charge in [0.15, 0.2) is 5.82 Å². The number of aryl methyl sites for hydroxylation is 1. The van der Waals surface area contributed by atoms with Crippen molar-refractivity contribution in [1.82, 2.24) is 24.3 Å². The smallest absolute Gasteiger partial charge is 0.181 e. The molecule has 0 N–H and O–H groups in total. The molecule has 2 aromatic heterocycles. The zero-order valence-electron chi connectivity index (χ0n) is 18.5.